The van der Waals surface area contributed by atoms with E-state index in [0.29, 0.717) is 12.6 Å². The van der Waals surface area contributed by atoms with Crippen molar-refractivity contribution >= 4 is 11.3 Å². The molecule has 0 saturated heterocycles. The summed E-state index contributed by atoms with van der Waals surface area (Å²) in [6, 6.07) is 4.76. The molecule has 3 heteroatoms. The lowest BCUT2D eigenvalue weighted by Gasteiger charge is -2.15. The van der Waals surface area contributed by atoms with Crippen LogP contribution in [0.4, 0.5) is 0 Å². The van der Waals surface area contributed by atoms with Crippen LogP contribution in [0, 0.1) is 5.92 Å². The maximum atomic E-state index is 8.76. The Balaban J connectivity index is 1.97. The molecule has 0 amide bonds. The molecule has 0 radical (unpaired) electrons. The van der Waals surface area contributed by atoms with Crippen molar-refractivity contribution in [2.45, 2.75) is 18.9 Å². The normalized spacial score (nSPS) is 18.8. The molecule has 0 aliphatic heterocycles. The number of thiophene rings is 1. The molecule has 1 aliphatic rings. The topological polar surface area (TPSA) is 32.3 Å². The minimum Gasteiger partial charge on any atom is -0.395 e. The molecule has 72 valence electrons. The zero-order valence-electron chi connectivity index (χ0n) is 7.57. The predicted molar refractivity (Wildman–Crippen MR) is 54.9 cm³/mol. The molecule has 0 bridgehead atoms. The highest BCUT2D eigenvalue weighted by atomic mass is 32.1. The number of hydrogen-bond acceptors (Lipinski definition) is 3. The van der Waals surface area contributed by atoms with Gasteiger partial charge in [-0.3, -0.25) is 0 Å². The van der Waals surface area contributed by atoms with E-state index >= 15 is 0 Å². The van der Waals surface area contributed by atoms with Gasteiger partial charge in [0.15, 0.2) is 0 Å². The third kappa shape index (κ3) is 2.30. The summed E-state index contributed by atoms with van der Waals surface area (Å²) in [7, 11) is 0. The van der Waals surface area contributed by atoms with Gasteiger partial charge in [0.1, 0.15) is 0 Å². The van der Waals surface area contributed by atoms with Crippen LogP contribution >= 0.6 is 11.3 Å². The number of rotatable bonds is 5. The second kappa shape index (κ2) is 4.22. The lowest BCUT2D eigenvalue weighted by Crippen LogP contribution is -2.25. The van der Waals surface area contributed by atoms with Crippen LogP contribution < -0.4 is 5.32 Å². The number of aliphatic hydroxyl groups excluding tert-OH is 1. The maximum Gasteiger partial charge on any atom is 0.0556 e. The summed E-state index contributed by atoms with van der Waals surface area (Å²) >= 11 is 1.81. The molecule has 1 atom stereocenters. The van der Waals surface area contributed by atoms with Crippen molar-refractivity contribution in [2.75, 3.05) is 13.2 Å². The van der Waals surface area contributed by atoms with Gasteiger partial charge in [-0.25, -0.2) is 0 Å². The fourth-order valence-electron chi connectivity index (χ4n) is 1.62. The second-order valence-electron chi connectivity index (χ2n) is 3.51. The van der Waals surface area contributed by atoms with E-state index in [1.54, 1.807) is 11.3 Å². The molecule has 1 unspecified atom stereocenters. The fraction of sp³-hybridized carbons (Fsp3) is 0.600. The third-order valence-electron chi connectivity index (χ3n) is 2.42. The van der Waals surface area contributed by atoms with Gasteiger partial charge in [-0.15, -0.1) is 11.3 Å². The minimum absolute atomic E-state index is 0.231. The Morgan fingerprint density at radius 1 is 1.62 bits per heavy atom. The van der Waals surface area contributed by atoms with Crippen LogP contribution in [0.5, 0.6) is 0 Å². The van der Waals surface area contributed by atoms with Gasteiger partial charge in [0, 0.05) is 17.5 Å². The monoisotopic (exact) mass is 197 g/mol. The van der Waals surface area contributed by atoms with Crippen LogP contribution in [0.15, 0.2) is 17.5 Å². The van der Waals surface area contributed by atoms with Crippen molar-refractivity contribution in [1.29, 1.82) is 0 Å². The van der Waals surface area contributed by atoms with E-state index in [1.807, 2.05) is 0 Å². The molecule has 0 spiro atoms. The van der Waals surface area contributed by atoms with Gasteiger partial charge in [0.05, 0.1) is 6.61 Å². The van der Waals surface area contributed by atoms with E-state index in [1.165, 1.54) is 17.7 Å². The van der Waals surface area contributed by atoms with Crippen molar-refractivity contribution in [3.05, 3.63) is 22.4 Å². The Kier molecular flexibility index (Phi) is 2.98. The molecular formula is C10H15NOS. The Bertz CT molecular complexity index is 243. The van der Waals surface area contributed by atoms with E-state index in [4.69, 9.17) is 5.11 Å². The SMILES string of the molecule is OCCNC(c1cccs1)C1CC1. The molecule has 2 rings (SSSR count). The molecular weight excluding hydrogens is 182 g/mol. The summed E-state index contributed by atoms with van der Waals surface area (Å²) in [5, 5.41) is 14.3. The van der Waals surface area contributed by atoms with Crippen molar-refractivity contribution < 1.29 is 5.11 Å². The van der Waals surface area contributed by atoms with Gasteiger partial charge in [0.2, 0.25) is 0 Å². The molecule has 1 aromatic heterocycles. The van der Waals surface area contributed by atoms with Crippen LogP contribution in [-0.2, 0) is 0 Å². The highest BCUT2D eigenvalue weighted by Crippen LogP contribution is 2.42. The molecule has 2 N–H and O–H groups in total. The first-order valence-corrected chi connectivity index (χ1v) is 5.67. The minimum atomic E-state index is 0.231. The van der Waals surface area contributed by atoms with Gasteiger partial charge < -0.3 is 10.4 Å². The van der Waals surface area contributed by atoms with Crippen molar-refractivity contribution in [1.82, 2.24) is 5.32 Å². The van der Waals surface area contributed by atoms with Gasteiger partial charge in [-0.1, -0.05) is 6.07 Å². The summed E-state index contributed by atoms with van der Waals surface area (Å²) in [6.07, 6.45) is 2.67. The van der Waals surface area contributed by atoms with Crippen molar-refractivity contribution in [3.8, 4) is 0 Å². The zero-order valence-corrected chi connectivity index (χ0v) is 8.39. The van der Waals surface area contributed by atoms with Crippen LogP contribution in [0.1, 0.15) is 23.8 Å². The third-order valence-corrected chi connectivity index (χ3v) is 3.37. The first kappa shape index (κ1) is 9.19. The molecule has 0 aromatic carbocycles. The van der Waals surface area contributed by atoms with Crippen LogP contribution in [-0.4, -0.2) is 18.3 Å². The quantitative estimate of drug-likeness (QED) is 0.754. The molecule has 1 heterocycles. The average molecular weight is 197 g/mol. The second-order valence-corrected chi connectivity index (χ2v) is 4.49. The van der Waals surface area contributed by atoms with E-state index in [0.717, 1.165) is 5.92 Å². The average Bonchev–Trinajstić information content (AvgIpc) is 2.82. The molecule has 1 aliphatic carbocycles. The molecule has 1 saturated carbocycles. The van der Waals surface area contributed by atoms with Crippen molar-refractivity contribution in [2.24, 2.45) is 5.92 Å². The number of hydrogen-bond donors (Lipinski definition) is 2. The molecule has 1 fully saturated rings. The Hall–Kier alpha value is -0.380. The largest absolute Gasteiger partial charge is 0.395 e. The van der Waals surface area contributed by atoms with Gasteiger partial charge in [-0.05, 0) is 30.2 Å². The van der Waals surface area contributed by atoms with Crippen molar-refractivity contribution in [3.63, 3.8) is 0 Å². The van der Waals surface area contributed by atoms with E-state index in [-0.39, 0.29) is 6.61 Å². The van der Waals surface area contributed by atoms with Gasteiger partial charge >= 0.3 is 0 Å². The summed E-state index contributed by atoms with van der Waals surface area (Å²) in [4.78, 5) is 1.41. The predicted octanol–water partition coefficient (Wildman–Crippen LogP) is 1.78. The lowest BCUT2D eigenvalue weighted by atomic mass is 10.1. The smallest absolute Gasteiger partial charge is 0.0556 e. The van der Waals surface area contributed by atoms with Crippen LogP contribution in [0.2, 0.25) is 0 Å². The summed E-state index contributed by atoms with van der Waals surface area (Å²) in [5.41, 5.74) is 0. The van der Waals surface area contributed by atoms with E-state index < -0.39 is 0 Å². The van der Waals surface area contributed by atoms with Crippen LogP contribution in [0.3, 0.4) is 0 Å². The first-order valence-electron chi connectivity index (χ1n) is 4.79. The summed E-state index contributed by atoms with van der Waals surface area (Å²) in [5.74, 6) is 0.810. The van der Waals surface area contributed by atoms with E-state index in [9.17, 15) is 0 Å². The summed E-state index contributed by atoms with van der Waals surface area (Å²) < 4.78 is 0. The van der Waals surface area contributed by atoms with Gasteiger partial charge in [-0.2, -0.15) is 0 Å². The Morgan fingerprint density at radius 2 is 2.46 bits per heavy atom. The van der Waals surface area contributed by atoms with E-state index in [2.05, 4.69) is 22.8 Å². The standard InChI is InChI=1S/C10H15NOS/c12-6-5-11-10(8-3-4-8)9-2-1-7-13-9/h1-2,7-8,10-12H,3-6H2. The van der Waals surface area contributed by atoms with Crippen LogP contribution in [0.25, 0.3) is 0 Å². The molecule has 2 nitrogen and oxygen atoms in total. The highest BCUT2D eigenvalue weighted by molar-refractivity contribution is 7.10. The molecule has 13 heavy (non-hydrogen) atoms. The Labute approximate surface area is 82.6 Å². The zero-order chi connectivity index (χ0) is 9.10. The van der Waals surface area contributed by atoms with Gasteiger partial charge in [0.25, 0.3) is 0 Å². The lowest BCUT2D eigenvalue weighted by molar-refractivity contribution is 0.281. The first-order chi connectivity index (χ1) is 6.42. The highest BCUT2D eigenvalue weighted by Gasteiger charge is 2.32. The maximum absolute atomic E-state index is 8.76. The number of aliphatic hydroxyl groups is 1. The molecule has 1 aromatic rings. The Morgan fingerprint density at radius 3 is 3.00 bits per heavy atom. The number of nitrogens with one attached hydrogen (secondary N) is 1. The fourth-order valence-corrected chi connectivity index (χ4v) is 2.51. The summed E-state index contributed by atoms with van der Waals surface area (Å²) in [6.45, 7) is 0.938.